The Hall–Kier alpha value is -2.98. The van der Waals surface area contributed by atoms with Crippen LogP contribution in [0.5, 0.6) is 5.75 Å². The largest absolute Gasteiger partial charge is 0.495 e. The molecule has 0 heterocycles. The summed E-state index contributed by atoms with van der Waals surface area (Å²) in [7, 11) is 1.64. The van der Waals surface area contributed by atoms with E-state index in [9.17, 15) is 4.79 Å². The smallest absolute Gasteiger partial charge is 0.228 e. The molecule has 132 valence electrons. The number of hydrogen-bond acceptors (Lipinski definition) is 3. The number of hydrogen-bond donors (Lipinski definition) is 2. The summed E-state index contributed by atoms with van der Waals surface area (Å²) in [6, 6.07) is 22.5. The average molecular weight is 367 g/mol. The van der Waals surface area contributed by atoms with Crippen molar-refractivity contribution in [2.75, 3.05) is 17.7 Å². The third kappa shape index (κ3) is 4.77. The molecule has 0 aliphatic rings. The molecule has 0 aromatic heterocycles. The van der Waals surface area contributed by atoms with E-state index in [-0.39, 0.29) is 5.91 Å². The molecule has 0 spiro atoms. The first kappa shape index (κ1) is 17.8. The molecule has 0 aliphatic heterocycles. The van der Waals surface area contributed by atoms with Crippen LogP contribution in [0, 0.1) is 0 Å². The topological polar surface area (TPSA) is 50.4 Å². The van der Waals surface area contributed by atoms with Gasteiger partial charge in [0.05, 0.1) is 19.2 Å². The van der Waals surface area contributed by atoms with E-state index >= 15 is 0 Å². The highest BCUT2D eigenvalue weighted by Gasteiger charge is 2.05. The molecule has 0 saturated heterocycles. The summed E-state index contributed by atoms with van der Waals surface area (Å²) in [4.78, 5) is 12.1. The number of amides is 1. The second-order valence-electron chi connectivity index (χ2n) is 5.75. The maximum Gasteiger partial charge on any atom is 0.228 e. The Bertz CT molecular complexity index is 877. The van der Waals surface area contributed by atoms with Crippen LogP contribution in [0.1, 0.15) is 5.56 Å². The number of anilines is 3. The molecule has 0 unspecified atom stereocenters. The molecule has 0 radical (unpaired) electrons. The highest BCUT2D eigenvalue weighted by Crippen LogP contribution is 2.27. The van der Waals surface area contributed by atoms with Crippen molar-refractivity contribution in [3.05, 3.63) is 83.4 Å². The van der Waals surface area contributed by atoms with Gasteiger partial charge in [0.2, 0.25) is 5.91 Å². The summed E-state index contributed by atoms with van der Waals surface area (Å²) in [5, 5.41) is 6.85. The van der Waals surface area contributed by atoms with Gasteiger partial charge < -0.3 is 15.4 Å². The molecule has 0 bridgehead atoms. The SMILES string of the molecule is COc1ccccc1Nc1ccc(NC(=O)Cc2ccc(Cl)cc2)cc1. The third-order valence-corrected chi connectivity index (χ3v) is 4.08. The average Bonchev–Trinajstić information content (AvgIpc) is 2.65. The van der Waals surface area contributed by atoms with E-state index in [2.05, 4.69) is 10.6 Å². The minimum Gasteiger partial charge on any atom is -0.495 e. The lowest BCUT2D eigenvalue weighted by atomic mass is 10.1. The fourth-order valence-electron chi connectivity index (χ4n) is 2.53. The van der Waals surface area contributed by atoms with E-state index in [1.165, 1.54) is 0 Å². The quantitative estimate of drug-likeness (QED) is 0.624. The van der Waals surface area contributed by atoms with Crippen molar-refractivity contribution in [3.63, 3.8) is 0 Å². The van der Waals surface area contributed by atoms with Gasteiger partial charge in [0.1, 0.15) is 5.75 Å². The van der Waals surface area contributed by atoms with Crippen molar-refractivity contribution < 1.29 is 9.53 Å². The summed E-state index contributed by atoms with van der Waals surface area (Å²) in [6.07, 6.45) is 0.304. The van der Waals surface area contributed by atoms with Gasteiger partial charge in [-0.25, -0.2) is 0 Å². The van der Waals surface area contributed by atoms with Crippen molar-refractivity contribution in [2.24, 2.45) is 0 Å². The summed E-state index contributed by atoms with van der Waals surface area (Å²) in [6.45, 7) is 0. The molecular weight excluding hydrogens is 348 g/mol. The molecule has 4 nitrogen and oxygen atoms in total. The van der Waals surface area contributed by atoms with E-state index in [1.807, 2.05) is 60.7 Å². The zero-order chi connectivity index (χ0) is 18.4. The fraction of sp³-hybridized carbons (Fsp3) is 0.0952. The van der Waals surface area contributed by atoms with Gasteiger partial charge in [-0.1, -0.05) is 35.9 Å². The number of para-hydroxylation sites is 2. The number of ether oxygens (including phenoxy) is 1. The van der Waals surface area contributed by atoms with Gasteiger partial charge in [0.15, 0.2) is 0 Å². The third-order valence-electron chi connectivity index (χ3n) is 3.83. The lowest BCUT2D eigenvalue weighted by molar-refractivity contribution is -0.115. The van der Waals surface area contributed by atoms with Gasteiger partial charge in [-0.3, -0.25) is 4.79 Å². The van der Waals surface area contributed by atoms with E-state index < -0.39 is 0 Å². The van der Waals surface area contributed by atoms with Crippen LogP contribution in [0.25, 0.3) is 0 Å². The zero-order valence-electron chi connectivity index (χ0n) is 14.3. The van der Waals surface area contributed by atoms with Crippen LogP contribution in [-0.2, 0) is 11.2 Å². The Kier molecular flexibility index (Phi) is 5.77. The number of methoxy groups -OCH3 is 1. The van der Waals surface area contributed by atoms with Gasteiger partial charge in [-0.2, -0.15) is 0 Å². The first-order chi connectivity index (χ1) is 12.6. The highest BCUT2D eigenvalue weighted by molar-refractivity contribution is 6.30. The van der Waals surface area contributed by atoms with Gasteiger partial charge in [0, 0.05) is 16.4 Å². The van der Waals surface area contributed by atoms with Crippen LogP contribution in [0.3, 0.4) is 0 Å². The molecule has 3 aromatic carbocycles. The number of carbonyl (C=O) groups excluding carboxylic acids is 1. The van der Waals surface area contributed by atoms with Gasteiger partial charge in [0.25, 0.3) is 0 Å². The lowest BCUT2D eigenvalue weighted by Crippen LogP contribution is -2.14. The summed E-state index contributed by atoms with van der Waals surface area (Å²) < 4.78 is 5.33. The van der Waals surface area contributed by atoms with Crippen LogP contribution < -0.4 is 15.4 Å². The Morgan fingerprint density at radius 2 is 1.58 bits per heavy atom. The molecule has 0 atom stereocenters. The molecule has 5 heteroatoms. The molecule has 3 rings (SSSR count). The van der Waals surface area contributed by atoms with Gasteiger partial charge >= 0.3 is 0 Å². The first-order valence-corrected chi connectivity index (χ1v) is 8.56. The summed E-state index contributed by atoms with van der Waals surface area (Å²) in [5.41, 5.74) is 3.45. The van der Waals surface area contributed by atoms with Gasteiger partial charge in [-0.15, -0.1) is 0 Å². The zero-order valence-corrected chi connectivity index (χ0v) is 15.1. The van der Waals surface area contributed by atoms with Gasteiger partial charge in [-0.05, 0) is 54.1 Å². The van der Waals surface area contributed by atoms with Crippen molar-refractivity contribution in [1.29, 1.82) is 0 Å². The van der Waals surface area contributed by atoms with E-state index in [4.69, 9.17) is 16.3 Å². The first-order valence-electron chi connectivity index (χ1n) is 8.18. The number of rotatable bonds is 6. The summed E-state index contributed by atoms with van der Waals surface area (Å²) in [5.74, 6) is 0.700. The van der Waals surface area contributed by atoms with Crippen molar-refractivity contribution in [2.45, 2.75) is 6.42 Å². The maximum atomic E-state index is 12.1. The number of nitrogens with one attached hydrogen (secondary N) is 2. The minimum absolute atomic E-state index is 0.0715. The Labute approximate surface area is 157 Å². The Morgan fingerprint density at radius 1 is 0.923 bits per heavy atom. The van der Waals surface area contributed by atoms with Crippen LogP contribution in [0.4, 0.5) is 17.1 Å². The monoisotopic (exact) mass is 366 g/mol. The standard InChI is InChI=1S/C21H19ClN2O2/c1-26-20-5-3-2-4-19(20)23-17-10-12-18(13-11-17)24-21(25)14-15-6-8-16(22)9-7-15/h2-13,23H,14H2,1H3,(H,24,25). The molecule has 0 fully saturated rings. The van der Waals surface area contributed by atoms with Crippen LogP contribution in [0.2, 0.25) is 5.02 Å². The second kappa shape index (κ2) is 8.41. The fourth-order valence-corrected chi connectivity index (χ4v) is 2.66. The maximum absolute atomic E-state index is 12.1. The number of benzene rings is 3. The second-order valence-corrected chi connectivity index (χ2v) is 6.19. The van der Waals surface area contributed by atoms with Crippen LogP contribution >= 0.6 is 11.6 Å². The Balaban J connectivity index is 1.60. The van der Waals surface area contributed by atoms with Crippen LogP contribution in [-0.4, -0.2) is 13.0 Å². The lowest BCUT2D eigenvalue weighted by Gasteiger charge is -2.11. The van der Waals surface area contributed by atoms with E-state index in [1.54, 1.807) is 19.2 Å². The molecule has 2 N–H and O–H groups in total. The molecule has 1 amide bonds. The van der Waals surface area contributed by atoms with E-state index in [0.717, 1.165) is 28.4 Å². The molecule has 0 aliphatic carbocycles. The number of carbonyl (C=O) groups is 1. The molecule has 3 aromatic rings. The van der Waals surface area contributed by atoms with Crippen molar-refractivity contribution in [1.82, 2.24) is 0 Å². The molecule has 0 saturated carbocycles. The van der Waals surface area contributed by atoms with Crippen LogP contribution in [0.15, 0.2) is 72.8 Å². The van der Waals surface area contributed by atoms with E-state index in [0.29, 0.717) is 11.4 Å². The summed E-state index contributed by atoms with van der Waals surface area (Å²) >= 11 is 5.86. The normalized spacial score (nSPS) is 10.2. The van der Waals surface area contributed by atoms with Crippen molar-refractivity contribution >= 4 is 34.6 Å². The number of halogens is 1. The highest BCUT2D eigenvalue weighted by atomic mass is 35.5. The predicted octanol–water partition coefficient (Wildman–Crippen LogP) is 5.27. The molecular formula is C21H19ClN2O2. The molecule has 26 heavy (non-hydrogen) atoms. The predicted molar refractivity (Wildman–Crippen MR) is 107 cm³/mol. The van der Waals surface area contributed by atoms with Crippen molar-refractivity contribution in [3.8, 4) is 5.75 Å². The minimum atomic E-state index is -0.0715. The Morgan fingerprint density at radius 3 is 2.27 bits per heavy atom.